The number of nitrogens with two attached hydrogens (primary N) is 1. The second-order valence-electron chi connectivity index (χ2n) is 3.12. The molecule has 0 aliphatic carbocycles. The van der Waals surface area contributed by atoms with Crippen molar-refractivity contribution >= 4 is 44.9 Å². The molecule has 1 heterocycles. The van der Waals surface area contributed by atoms with Crippen molar-refractivity contribution in [3.05, 3.63) is 39.6 Å². The van der Waals surface area contributed by atoms with Gasteiger partial charge in [0.2, 0.25) is 0 Å². The lowest BCUT2D eigenvalue weighted by atomic mass is 10.2. The molecular weight excluding hydrogens is 341 g/mol. The number of oxime groups is 1. The number of hydrogen-bond donors (Lipinski definition) is 2. The Morgan fingerprint density at radius 2 is 2.33 bits per heavy atom. The zero-order valence-corrected chi connectivity index (χ0v) is 12.0. The minimum atomic E-state index is -0.459. The van der Waals surface area contributed by atoms with Gasteiger partial charge in [-0.2, -0.15) is 0 Å². The van der Waals surface area contributed by atoms with Gasteiger partial charge in [0.25, 0.3) is 0 Å². The van der Waals surface area contributed by atoms with Crippen LogP contribution in [0.1, 0.15) is 5.56 Å². The molecular formula is C10H7BrFN3OS2. The second-order valence-corrected chi connectivity index (χ2v) is 6.10. The maximum Gasteiger partial charge on any atom is 0.171 e. The summed E-state index contributed by atoms with van der Waals surface area (Å²) >= 11 is 5.75. The van der Waals surface area contributed by atoms with E-state index in [4.69, 9.17) is 10.9 Å². The second kappa shape index (κ2) is 5.68. The van der Waals surface area contributed by atoms with E-state index < -0.39 is 5.82 Å². The summed E-state index contributed by atoms with van der Waals surface area (Å²) in [4.78, 5) is 4.49. The fourth-order valence-electron chi connectivity index (χ4n) is 1.22. The van der Waals surface area contributed by atoms with E-state index in [0.717, 1.165) is 4.34 Å². The third kappa shape index (κ3) is 2.65. The van der Waals surface area contributed by atoms with Gasteiger partial charge in [0, 0.05) is 17.1 Å². The number of amidine groups is 1. The Kier molecular flexibility index (Phi) is 4.20. The topological polar surface area (TPSA) is 71.5 Å². The molecule has 0 atom stereocenters. The average Bonchev–Trinajstić information content (AvgIpc) is 2.87. The first-order valence-electron chi connectivity index (χ1n) is 4.66. The summed E-state index contributed by atoms with van der Waals surface area (Å²) in [6, 6.07) is 3.15. The van der Waals surface area contributed by atoms with Gasteiger partial charge in [0.05, 0.1) is 9.37 Å². The van der Waals surface area contributed by atoms with Crippen LogP contribution < -0.4 is 5.73 Å². The van der Waals surface area contributed by atoms with E-state index in [1.54, 1.807) is 18.3 Å². The summed E-state index contributed by atoms with van der Waals surface area (Å²) in [7, 11) is 0. The summed E-state index contributed by atoms with van der Waals surface area (Å²) in [5.74, 6) is -0.606. The molecule has 0 unspecified atom stereocenters. The molecule has 94 valence electrons. The molecule has 0 amide bonds. The van der Waals surface area contributed by atoms with Crippen LogP contribution in [0.2, 0.25) is 0 Å². The number of nitrogens with zero attached hydrogens (tertiary/aromatic N) is 2. The highest BCUT2D eigenvalue weighted by Gasteiger charge is 2.15. The van der Waals surface area contributed by atoms with Gasteiger partial charge in [0.1, 0.15) is 0 Å². The zero-order valence-electron chi connectivity index (χ0n) is 8.80. The van der Waals surface area contributed by atoms with Crippen LogP contribution in [0.3, 0.4) is 0 Å². The molecule has 0 aliphatic heterocycles. The van der Waals surface area contributed by atoms with E-state index >= 15 is 0 Å². The Morgan fingerprint density at radius 1 is 1.56 bits per heavy atom. The standard InChI is InChI=1S/C10H7BrFN3OS2/c11-7-5(9(13)15-16)1-2-6(8(7)12)18-10-14-3-4-17-10/h1-4,16H,(H2,13,15). The Balaban J connectivity index is 2.38. The zero-order chi connectivity index (χ0) is 13.1. The lowest BCUT2D eigenvalue weighted by molar-refractivity contribution is 0.318. The molecule has 8 heteroatoms. The molecule has 0 fully saturated rings. The maximum atomic E-state index is 14.1. The van der Waals surface area contributed by atoms with E-state index in [9.17, 15) is 4.39 Å². The number of benzene rings is 1. The van der Waals surface area contributed by atoms with Crippen LogP contribution in [-0.2, 0) is 0 Å². The van der Waals surface area contributed by atoms with E-state index in [2.05, 4.69) is 26.1 Å². The van der Waals surface area contributed by atoms with Crippen molar-refractivity contribution in [2.24, 2.45) is 10.9 Å². The van der Waals surface area contributed by atoms with Crippen molar-refractivity contribution in [1.29, 1.82) is 0 Å². The molecule has 0 bridgehead atoms. The number of hydrogen-bond acceptors (Lipinski definition) is 5. The predicted octanol–water partition coefficient (Wildman–Crippen LogP) is 3.29. The fourth-order valence-corrected chi connectivity index (χ4v) is 3.51. The Bertz CT molecular complexity index is 589. The molecule has 2 rings (SSSR count). The molecule has 1 aromatic carbocycles. The van der Waals surface area contributed by atoms with Crippen molar-refractivity contribution < 1.29 is 9.60 Å². The number of aromatic nitrogens is 1. The molecule has 0 saturated carbocycles. The number of rotatable bonds is 3. The van der Waals surface area contributed by atoms with Gasteiger partial charge in [-0.3, -0.25) is 0 Å². The largest absolute Gasteiger partial charge is 0.409 e. The summed E-state index contributed by atoms with van der Waals surface area (Å²) < 4.78 is 15.0. The van der Waals surface area contributed by atoms with Gasteiger partial charge in [-0.25, -0.2) is 9.37 Å². The van der Waals surface area contributed by atoms with Crippen molar-refractivity contribution in [2.75, 3.05) is 0 Å². The maximum absolute atomic E-state index is 14.1. The minimum Gasteiger partial charge on any atom is -0.409 e. The lowest BCUT2D eigenvalue weighted by Crippen LogP contribution is -2.14. The van der Waals surface area contributed by atoms with Crippen LogP contribution in [-0.4, -0.2) is 16.0 Å². The van der Waals surface area contributed by atoms with Crippen LogP contribution in [0.4, 0.5) is 4.39 Å². The first-order chi connectivity index (χ1) is 8.63. The molecule has 18 heavy (non-hydrogen) atoms. The Hall–Kier alpha value is -1.12. The van der Waals surface area contributed by atoms with Crippen LogP contribution in [0, 0.1) is 5.82 Å². The van der Waals surface area contributed by atoms with Crippen LogP contribution in [0.15, 0.2) is 42.6 Å². The summed E-state index contributed by atoms with van der Waals surface area (Å²) in [6.07, 6.45) is 1.66. The molecule has 1 aromatic heterocycles. The summed E-state index contributed by atoms with van der Waals surface area (Å²) in [6.45, 7) is 0. The van der Waals surface area contributed by atoms with Crippen molar-refractivity contribution in [1.82, 2.24) is 4.98 Å². The van der Waals surface area contributed by atoms with Gasteiger partial charge >= 0.3 is 0 Å². The summed E-state index contributed by atoms with van der Waals surface area (Å²) in [5, 5.41) is 13.3. The van der Waals surface area contributed by atoms with Crippen molar-refractivity contribution in [3.63, 3.8) is 0 Å². The highest BCUT2D eigenvalue weighted by molar-refractivity contribution is 9.10. The Labute approximate surface area is 119 Å². The van der Waals surface area contributed by atoms with Crippen LogP contribution >= 0.6 is 39.0 Å². The minimum absolute atomic E-state index is 0.147. The number of thiazole rings is 1. The van der Waals surface area contributed by atoms with E-state index in [0.29, 0.717) is 10.5 Å². The fraction of sp³-hybridized carbons (Fsp3) is 0. The quantitative estimate of drug-likeness (QED) is 0.386. The van der Waals surface area contributed by atoms with E-state index in [-0.39, 0.29) is 10.3 Å². The lowest BCUT2D eigenvalue weighted by Gasteiger charge is -2.07. The van der Waals surface area contributed by atoms with Crippen molar-refractivity contribution in [2.45, 2.75) is 9.24 Å². The molecule has 0 aliphatic rings. The summed E-state index contributed by atoms with van der Waals surface area (Å²) in [5.41, 5.74) is 5.74. The monoisotopic (exact) mass is 347 g/mol. The highest BCUT2D eigenvalue weighted by atomic mass is 79.9. The first-order valence-corrected chi connectivity index (χ1v) is 7.15. The average molecular weight is 348 g/mol. The molecule has 3 N–H and O–H groups in total. The van der Waals surface area contributed by atoms with Crippen molar-refractivity contribution in [3.8, 4) is 0 Å². The smallest absolute Gasteiger partial charge is 0.171 e. The van der Waals surface area contributed by atoms with Crippen LogP contribution in [0.25, 0.3) is 0 Å². The Morgan fingerprint density at radius 3 is 2.94 bits per heavy atom. The van der Waals surface area contributed by atoms with Gasteiger partial charge in [0.15, 0.2) is 16.0 Å². The third-order valence-electron chi connectivity index (χ3n) is 2.04. The molecule has 0 saturated heterocycles. The van der Waals surface area contributed by atoms with E-state index in [1.807, 2.05) is 5.38 Å². The van der Waals surface area contributed by atoms with Gasteiger partial charge in [-0.15, -0.1) is 11.3 Å². The SMILES string of the molecule is N/C(=N/O)c1ccc(Sc2nccs2)c(F)c1Br. The van der Waals surface area contributed by atoms with E-state index in [1.165, 1.54) is 23.1 Å². The normalized spacial score (nSPS) is 11.8. The predicted molar refractivity (Wildman–Crippen MR) is 72.8 cm³/mol. The molecule has 0 spiro atoms. The van der Waals surface area contributed by atoms with Gasteiger partial charge in [-0.1, -0.05) is 16.9 Å². The number of halogens is 2. The highest BCUT2D eigenvalue weighted by Crippen LogP contribution is 2.35. The molecule has 2 aromatic rings. The molecule has 0 radical (unpaired) electrons. The van der Waals surface area contributed by atoms with Gasteiger partial charge < -0.3 is 10.9 Å². The molecule has 4 nitrogen and oxygen atoms in total. The van der Waals surface area contributed by atoms with Crippen LogP contribution in [0.5, 0.6) is 0 Å². The van der Waals surface area contributed by atoms with Gasteiger partial charge in [-0.05, 0) is 28.1 Å². The first kappa shape index (κ1) is 13.3. The third-order valence-corrected chi connectivity index (χ3v) is 4.73.